The van der Waals surface area contributed by atoms with Crippen molar-refractivity contribution in [2.45, 2.75) is 0 Å². The van der Waals surface area contributed by atoms with Crippen LogP contribution < -0.4 is 0 Å². The number of hydrogen-bond donors (Lipinski definition) is 0. The highest BCUT2D eigenvalue weighted by molar-refractivity contribution is 6.05. The van der Waals surface area contributed by atoms with E-state index >= 15 is 0 Å². The molecular formula is C17H13N3. The zero-order valence-electron chi connectivity index (χ0n) is 10.8. The van der Waals surface area contributed by atoms with Gasteiger partial charge < -0.3 is 0 Å². The molecule has 0 unspecified atom stereocenters. The van der Waals surface area contributed by atoms with Crippen molar-refractivity contribution < 1.29 is 0 Å². The molecule has 20 heavy (non-hydrogen) atoms. The quantitative estimate of drug-likeness (QED) is 0.450. The second kappa shape index (κ2) is 5.89. The van der Waals surface area contributed by atoms with Crippen LogP contribution in [0.25, 0.3) is 21.7 Å². The number of benzene rings is 2. The molecule has 0 N–H and O–H groups in total. The molecule has 0 spiro atoms. The van der Waals surface area contributed by atoms with Crippen LogP contribution in [-0.2, 0) is 0 Å². The molecule has 2 aromatic carbocycles. The van der Waals surface area contributed by atoms with Crippen LogP contribution in [0.3, 0.4) is 0 Å². The molecule has 3 heteroatoms. The minimum absolute atomic E-state index is 1.06. The van der Waals surface area contributed by atoms with E-state index in [0.29, 0.717) is 0 Å². The first-order valence-electron chi connectivity index (χ1n) is 6.37. The molecule has 0 saturated carbocycles. The Morgan fingerprint density at radius 2 is 1.35 bits per heavy atom. The second-order valence-corrected chi connectivity index (χ2v) is 4.27. The number of aromatic nitrogens is 3. The Morgan fingerprint density at radius 3 is 2.05 bits per heavy atom. The van der Waals surface area contributed by atoms with Crippen molar-refractivity contribution in [1.82, 2.24) is 15.0 Å². The topological polar surface area (TPSA) is 38.7 Å². The Morgan fingerprint density at radius 1 is 0.650 bits per heavy atom. The first-order valence-corrected chi connectivity index (χ1v) is 6.37. The highest BCUT2D eigenvalue weighted by atomic mass is 14.8. The summed E-state index contributed by atoms with van der Waals surface area (Å²) >= 11 is 0. The molecule has 3 nitrogen and oxygen atoms in total. The van der Waals surface area contributed by atoms with Crippen LogP contribution in [0.5, 0.6) is 0 Å². The zero-order valence-corrected chi connectivity index (χ0v) is 10.8. The number of rotatable bonds is 0. The van der Waals surface area contributed by atoms with Crippen molar-refractivity contribution in [2.75, 3.05) is 0 Å². The number of fused-ring (bicyclic) bond motifs is 3. The van der Waals surface area contributed by atoms with Gasteiger partial charge in [-0.05, 0) is 17.5 Å². The summed E-state index contributed by atoms with van der Waals surface area (Å²) in [6.45, 7) is 0. The molecule has 0 atom stereocenters. The van der Waals surface area contributed by atoms with Crippen molar-refractivity contribution in [2.24, 2.45) is 0 Å². The van der Waals surface area contributed by atoms with E-state index in [-0.39, 0.29) is 0 Å². The Bertz CT molecular complexity index is 732. The lowest BCUT2D eigenvalue weighted by Crippen LogP contribution is -1.80. The molecule has 4 rings (SSSR count). The minimum atomic E-state index is 1.06. The average Bonchev–Trinajstić information content (AvgIpc) is 2.57. The summed E-state index contributed by atoms with van der Waals surface area (Å²) in [7, 11) is 0. The molecule has 2 heterocycles. The maximum absolute atomic E-state index is 4.41. The van der Waals surface area contributed by atoms with E-state index in [9.17, 15) is 0 Å². The van der Waals surface area contributed by atoms with Gasteiger partial charge in [-0.2, -0.15) is 0 Å². The van der Waals surface area contributed by atoms with Crippen LogP contribution in [0.1, 0.15) is 0 Å². The number of para-hydroxylation sites is 1. The van der Waals surface area contributed by atoms with E-state index in [4.69, 9.17) is 0 Å². The van der Waals surface area contributed by atoms with Gasteiger partial charge in [0.2, 0.25) is 0 Å². The fourth-order valence-electron chi connectivity index (χ4n) is 2.06. The highest BCUT2D eigenvalue weighted by Gasteiger charge is 1.98. The molecule has 0 amide bonds. The highest BCUT2D eigenvalue weighted by Crippen LogP contribution is 2.22. The molecule has 4 aromatic rings. The van der Waals surface area contributed by atoms with Crippen molar-refractivity contribution in [1.29, 1.82) is 0 Å². The van der Waals surface area contributed by atoms with Crippen LogP contribution in [-0.4, -0.2) is 15.0 Å². The van der Waals surface area contributed by atoms with Gasteiger partial charge in [0.1, 0.15) is 6.33 Å². The number of pyridine rings is 1. The molecule has 2 aromatic heterocycles. The van der Waals surface area contributed by atoms with Crippen molar-refractivity contribution in [3.05, 3.63) is 79.5 Å². The Hall–Kier alpha value is -2.81. The molecule has 0 aliphatic carbocycles. The van der Waals surface area contributed by atoms with Gasteiger partial charge in [-0.1, -0.05) is 42.5 Å². The normalized spacial score (nSPS) is 10.0. The van der Waals surface area contributed by atoms with Crippen LogP contribution >= 0.6 is 0 Å². The predicted octanol–water partition coefficient (Wildman–Crippen LogP) is 3.86. The van der Waals surface area contributed by atoms with Crippen LogP contribution in [0.2, 0.25) is 0 Å². The molecule has 0 saturated heterocycles. The van der Waals surface area contributed by atoms with E-state index < -0.39 is 0 Å². The summed E-state index contributed by atoms with van der Waals surface area (Å²) in [5.74, 6) is 0. The molecule has 0 fully saturated rings. The summed E-state index contributed by atoms with van der Waals surface area (Å²) in [4.78, 5) is 11.8. The standard InChI is InChI=1S/C13H9N.C4H4N2/c1-2-6-11-10(5-1)9-14-13-8-4-3-7-12(11)13;1-2-5-4-6-3-1/h1-9H;1-4H. The predicted molar refractivity (Wildman–Crippen MR) is 81.3 cm³/mol. The Labute approximate surface area is 117 Å². The first kappa shape index (κ1) is 12.2. The monoisotopic (exact) mass is 259 g/mol. The minimum Gasteiger partial charge on any atom is -0.256 e. The second-order valence-electron chi connectivity index (χ2n) is 4.27. The Balaban J connectivity index is 0.000000170. The largest absolute Gasteiger partial charge is 0.256 e. The summed E-state index contributed by atoms with van der Waals surface area (Å²) < 4.78 is 0. The fourth-order valence-corrected chi connectivity index (χ4v) is 2.06. The van der Waals surface area contributed by atoms with Gasteiger partial charge in [0.15, 0.2) is 0 Å². The van der Waals surface area contributed by atoms with Crippen LogP contribution in [0.15, 0.2) is 79.5 Å². The lowest BCUT2D eigenvalue weighted by molar-refractivity contribution is 1.17. The third kappa shape index (κ3) is 2.62. The van der Waals surface area contributed by atoms with Gasteiger partial charge >= 0.3 is 0 Å². The lowest BCUT2D eigenvalue weighted by Gasteiger charge is -2.01. The van der Waals surface area contributed by atoms with Crippen LogP contribution in [0.4, 0.5) is 0 Å². The third-order valence-corrected chi connectivity index (χ3v) is 2.98. The summed E-state index contributed by atoms with van der Waals surface area (Å²) in [6.07, 6.45) is 6.80. The van der Waals surface area contributed by atoms with E-state index in [1.807, 2.05) is 24.4 Å². The third-order valence-electron chi connectivity index (χ3n) is 2.98. The van der Waals surface area contributed by atoms with Gasteiger partial charge in [0.25, 0.3) is 0 Å². The van der Waals surface area contributed by atoms with Crippen molar-refractivity contribution in [3.63, 3.8) is 0 Å². The molecule has 0 radical (unpaired) electrons. The molecular weight excluding hydrogens is 246 g/mol. The van der Waals surface area contributed by atoms with Crippen LogP contribution in [0, 0.1) is 0 Å². The van der Waals surface area contributed by atoms with E-state index in [2.05, 4.69) is 45.3 Å². The molecule has 0 aliphatic heterocycles. The zero-order chi connectivity index (χ0) is 13.6. The number of nitrogens with zero attached hydrogens (tertiary/aromatic N) is 3. The first-order chi connectivity index (χ1) is 9.95. The SMILES string of the molecule is c1ccc2c(c1)cnc1ccccc12.c1cncnc1. The smallest absolute Gasteiger partial charge is 0.115 e. The average molecular weight is 259 g/mol. The van der Waals surface area contributed by atoms with Gasteiger partial charge in [0.05, 0.1) is 5.52 Å². The van der Waals surface area contributed by atoms with E-state index in [1.165, 1.54) is 22.5 Å². The number of hydrogen-bond acceptors (Lipinski definition) is 3. The van der Waals surface area contributed by atoms with E-state index in [1.54, 1.807) is 18.5 Å². The van der Waals surface area contributed by atoms with Gasteiger partial charge in [-0.25, -0.2) is 9.97 Å². The van der Waals surface area contributed by atoms with Gasteiger partial charge in [0, 0.05) is 29.4 Å². The summed E-state index contributed by atoms with van der Waals surface area (Å²) in [5, 5.41) is 3.70. The van der Waals surface area contributed by atoms with Gasteiger partial charge in [-0.15, -0.1) is 0 Å². The maximum atomic E-state index is 4.41. The molecule has 0 bridgehead atoms. The summed E-state index contributed by atoms with van der Waals surface area (Å²) in [6, 6.07) is 18.3. The van der Waals surface area contributed by atoms with E-state index in [0.717, 1.165) is 5.52 Å². The van der Waals surface area contributed by atoms with Gasteiger partial charge in [-0.3, -0.25) is 4.98 Å². The maximum Gasteiger partial charge on any atom is 0.115 e. The summed E-state index contributed by atoms with van der Waals surface area (Å²) in [5.41, 5.74) is 1.06. The lowest BCUT2D eigenvalue weighted by atomic mass is 10.1. The Kier molecular flexibility index (Phi) is 3.60. The van der Waals surface area contributed by atoms with Crippen molar-refractivity contribution >= 4 is 21.7 Å². The van der Waals surface area contributed by atoms with Crippen molar-refractivity contribution in [3.8, 4) is 0 Å². The fraction of sp³-hybridized carbons (Fsp3) is 0. The molecule has 0 aliphatic rings. The molecule has 96 valence electrons.